The Morgan fingerprint density at radius 3 is 1.11 bits per heavy atom. The van der Waals surface area contributed by atoms with Crippen LogP contribution in [0.25, 0.3) is 0 Å². The SMILES string of the molecule is C=CC1CC(/C=C\C2CC(C=C)C(C(=O)OCCOCCOCCOC(=O)CS)C2)C(C(=O)OCC(=O)OC2CC[C@@]3(C)C(=CC[C@H]4[C@]5(C)CC[C@](C)([C@H](C)CCCC(C)C)[C@H]5CC[C@@]43C)C2)C1.C=CC1CC(/C=C\C2CC(C=C)C(C(=O)OCCOCCOCCOC)C2)C(C(=O)OCC(=O)OC2CC[C@@]3(C)C(=CC[C@H]4[C@]5(C)CC[C@](C)([C@H](C)CCCC(C)C)[C@H]5CC[C@@]43C)C2)C1. The Hall–Kier alpha value is -5.64. The zero-order valence-electron chi connectivity index (χ0n) is 84.8. The predicted octanol–water partition coefficient (Wildman–Crippen LogP) is 23.2. The van der Waals surface area contributed by atoms with Gasteiger partial charge < -0.3 is 56.8 Å². The van der Waals surface area contributed by atoms with Gasteiger partial charge >= 0.3 is 41.8 Å². The average molecular weight is 1870 g/mol. The summed E-state index contributed by atoms with van der Waals surface area (Å²) >= 11 is 3.85. The van der Waals surface area contributed by atoms with E-state index in [1.165, 1.54) is 101 Å². The molecule has 0 aromatic heterocycles. The molecule has 14 unspecified atom stereocenters. The largest absolute Gasteiger partial charge is 0.463 e. The number of fused-ring (bicyclic) bond motifs is 10. The summed E-state index contributed by atoms with van der Waals surface area (Å²) in [6, 6.07) is 0. The van der Waals surface area contributed by atoms with Gasteiger partial charge in [0.15, 0.2) is 13.2 Å². The number of thiol groups is 1. The highest BCUT2D eigenvalue weighted by molar-refractivity contribution is 7.81. The van der Waals surface area contributed by atoms with Crippen molar-refractivity contribution in [3.05, 3.63) is 98.2 Å². The van der Waals surface area contributed by atoms with Crippen molar-refractivity contribution in [1.29, 1.82) is 0 Å². The molecular formula is C113H176O19S. The highest BCUT2D eigenvalue weighted by Gasteiger charge is 2.70. The number of esters is 7. The van der Waals surface area contributed by atoms with Crippen LogP contribution in [0.5, 0.6) is 0 Å². The maximum atomic E-state index is 13.6. The number of ether oxygens (including phenoxy) is 12. The van der Waals surface area contributed by atoms with Crippen LogP contribution >= 0.6 is 12.6 Å². The van der Waals surface area contributed by atoms with E-state index in [9.17, 15) is 33.6 Å². The second kappa shape index (κ2) is 48.5. The van der Waals surface area contributed by atoms with Gasteiger partial charge in [0.05, 0.1) is 88.9 Å². The molecule has 20 heteroatoms. The first-order valence-corrected chi connectivity index (χ1v) is 53.0. The van der Waals surface area contributed by atoms with E-state index in [0.29, 0.717) is 105 Å². The molecule has 0 aromatic carbocycles. The van der Waals surface area contributed by atoms with Crippen LogP contribution in [0.3, 0.4) is 0 Å². The lowest BCUT2D eigenvalue weighted by Crippen LogP contribution is -2.58. The van der Waals surface area contributed by atoms with Crippen molar-refractivity contribution in [2.24, 2.45) is 162 Å². The molecule has 0 saturated heterocycles. The molecule has 0 radical (unpaired) electrons. The summed E-state index contributed by atoms with van der Waals surface area (Å²) in [7, 11) is 1.63. The maximum Gasteiger partial charge on any atom is 0.344 e. The molecule has 19 nitrogen and oxygen atoms in total. The molecule has 10 saturated carbocycles. The Kier molecular flexibility index (Phi) is 39.3. The van der Waals surface area contributed by atoms with E-state index >= 15 is 0 Å². The molecule has 28 atom stereocenters. The van der Waals surface area contributed by atoms with E-state index in [1.54, 1.807) is 7.11 Å². The van der Waals surface area contributed by atoms with E-state index in [-0.39, 0.29) is 181 Å². The fourth-order valence-corrected chi connectivity index (χ4v) is 29.5. The van der Waals surface area contributed by atoms with Gasteiger partial charge in [-0.25, -0.2) is 9.59 Å². The van der Waals surface area contributed by atoms with Crippen molar-refractivity contribution in [2.45, 2.75) is 302 Å². The molecule has 0 heterocycles. The van der Waals surface area contributed by atoms with Gasteiger partial charge in [-0.15, -0.1) is 26.3 Å². The smallest absolute Gasteiger partial charge is 0.344 e. The zero-order chi connectivity index (χ0) is 96.3. The lowest BCUT2D eigenvalue weighted by Gasteiger charge is -2.66. The van der Waals surface area contributed by atoms with Crippen LogP contribution in [0.2, 0.25) is 0 Å². The Bertz CT molecular complexity index is 4030. The first-order chi connectivity index (χ1) is 63.4. The minimum absolute atomic E-state index is 0.0149. The summed E-state index contributed by atoms with van der Waals surface area (Å²) in [4.78, 5) is 91.2. The van der Waals surface area contributed by atoms with Crippen LogP contribution < -0.4 is 0 Å². The Morgan fingerprint density at radius 1 is 0.383 bits per heavy atom. The summed E-state index contributed by atoms with van der Waals surface area (Å²) in [5, 5.41) is 0. The van der Waals surface area contributed by atoms with Gasteiger partial charge in [-0.3, -0.25) is 24.0 Å². The van der Waals surface area contributed by atoms with Gasteiger partial charge in [0, 0.05) is 20.0 Å². The highest BCUT2D eigenvalue weighted by atomic mass is 32.1. The average Bonchev–Trinajstić information content (AvgIpc) is 1.58. The number of methoxy groups -OCH3 is 1. The van der Waals surface area contributed by atoms with Crippen LogP contribution in [0.4, 0.5) is 0 Å². The summed E-state index contributed by atoms with van der Waals surface area (Å²) in [5.41, 5.74) is 5.10. The van der Waals surface area contributed by atoms with E-state index < -0.39 is 17.9 Å². The van der Waals surface area contributed by atoms with Crippen molar-refractivity contribution in [3.63, 3.8) is 0 Å². The molecule has 10 fully saturated rings. The molecule has 133 heavy (non-hydrogen) atoms. The number of hydrogen-bond acceptors (Lipinski definition) is 20. The molecule has 0 N–H and O–H groups in total. The molecule has 0 bridgehead atoms. The van der Waals surface area contributed by atoms with Crippen molar-refractivity contribution < 1.29 is 90.4 Å². The van der Waals surface area contributed by atoms with Gasteiger partial charge in [0.2, 0.25) is 0 Å². The Balaban J connectivity index is 0.000000257. The molecule has 0 aliphatic heterocycles. The molecule has 0 aromatic rings. The number of carbonyl (C=O) groups excluding carboxylic acids is 7. The fraction of sp³-hybridized carbons (Fsp3) is 0.796. The first-order valence-electron chi connectivity index (χ1n) is 52.3. The monoisotopic (exact) mass is 1870 g/mol. The third-order valence-corrected chi connectivity index (χ3v) is 38.3. The Labute approximate surface area is 807 Å². The third kappa shape index (κ3) is 25.2. The Morgan fingerprint density at radius 2 is 0.737 bits per heavy atom. The van der Waals surface area contributed by atoms with E-state index in [2.05, 4.69) is 172 Å². The van der Waals surface area contributed by atoms with Crippen LogP contribution in [0.15, 0.2) is 98.2 Å². The lowest BCUT2D eigenvalue weighted by atomic mass is 9.39. The normalized spacial score (nSPS) is 37.5. The van der Waals surface area contributed by atoms with Gasteiger partial charge in [0.1, 0.15) is 32.0 Å². The lowest BCUT2D eigenvalue weighted by molar-refractivity contribution is -0.168. The van der Waals surface area contributed by atoms with Crippen molar-refractivity contribution in [3.8, 4) is 0 Å². The number of hydrogen-bond donors (Lipinski definition) is 1. The standard InChI is InChI=1S/C57H88O10S.C56H88O9/c1-10-40-31-43(16-15-41-32-42(11-2)46(34-41)52(60)65-30-28-63-26-25-62-27-29-64-51(59)37-68)47(33-40)53(61)66-36-50(58)67-45-19-21-56(8)44(35-45)17-18-49-55(7)24-23-54(6,39(5)14-12-13-38(3)4)48(55)20-22-57(49,56)9;1-11-40-32-43(17-16-41-33-42(12-2)46(35-41)51(58)63-31-30-62-29-28-61-27-26-60-10)47(34-40)52(59)64-37-50(57)65-45-20-22-55(8)44(36-45)18-19-49-54(7)25-24-53(6,39(5)15-13-14-38(3)4)48(54)21-23-56(49,55)9/h10-11,15-17,38-43,45-49,68H,1-2,12-14,18-37H2,3-9H3;11-12,16-18,38-43,45-49H,1-2,13-15,19-37H2,3-10H3/b16-15-;17-16-/t39-,40?,41?,42?,43?,45?,46?,47?,48-,49+,54-,55-,56+,57+;39-,40?,41?,42?,43?,45?,46?,47?,48-,49+,53-,54-,55+,56+/m11/s1. The van der Waals surface area contributed by atoms with Crippen molar-refractivity contribution in [1.82, 2.24) is 0 Å². The van der Waals surface area contributed by atoms with Crippen LogP contribution in [0, 0.1) is 162 Å². The quantitative estimate of drug-likeness (QED) is 0.0196. The van der Waals surface area contributed by atoms with Gasteiger partial charge in [-0.05, 0) is 279 Å². The van der Waals surface area contributed by atoms with E-state index in [0.717, 1.165) is 113 Å². The number of carbonyl (C=O) groups is 7. The fourth-order valence-electron chi connectivity index (χ4n) is 29.4. The summed E-state index contributed by atoms with van der Waals surface area (Å²) in [6.45, 7) is 54.6. The van der Waals surface area contributed by atoms with Crippen LogP contribution in [0.1, 0.15) is 290 Å². The second-order valence-electron chi connectivity index (χ2n) is 46.0. The topological polar surface area (TPSA) is 230 Å². The minimum atomic E-state index is -0.472. The van der Waals surface area contributed by atoms with Crippen molar-refractivity contribution in [2.75, 3.05) is 105 Å². The molecule has 12 rings (SSSR count). The molecule has 12 aliphatic rings. The van der Waals surface area contributed by atoms with Crippen molar-refractivity contribution >= 4 is 54.4 Å². The number of allylic oxidation sites excluding steroid dienone is 10. The molecule has 0 spiro atoms. The maximum absolute atomic E-state index is 13.6. The predicted molar refractivity (Wildman–Crippen MR) is 526 cm³/mol. The zero-order valence-corrected chi connectivity index (χ0v) is 85.7. The molecule has 748 valence electrons. The highest BCUT2D eigenvalue weighted by Crippen LogP contribution is 2.77. The molecule has 12 aliphatic carbocycles. The minimum Gasteiger partial charge on any atom is -0.463 e. The van der Waals surface area contributed by atoms with Crippen LogP contribution in [-0.4, -0.2) is 159 Å². The third-order valence-electron chi connectivity index (χ3n) is 38.0. The van der Waals surface area contributed by atoms with E-state index in [1.807, 2.05) is 24.3 Å². The molecular weight excluding hydrogens is 1690 g/mol. The second-order valence-corrected chi connectivity index (χ2v) is 46.3. The summed E-state index contributed by atoms with van der Waals surface area (Å²) < 4.78 is 66.5. The number of rotatable bonds is 47. The van der Waals surface area contributed by atoms with Gasteiger partial charge in [-0.2, -0.15) is 12.6 Å². The van der Waals surface area contributed by atoms with Gasteiger partial charge in [-0.1, -0.05) is 207 Å². The summed E-state index contributed by atoms with van der Waals surface area (Å²) in [6.07, 6.45) is 52.5. The first kappa shape index (κ1) is 108. The van der Waals surface area contributed by atoms with Gasteiger partial charge in [0.25, 0.3) is 0 Å². The molecule has 0 amide bonds. The van der Waals surface area contributed by atoms with Crippen LogP contribution in [-0.2, 0) is 90.4 Å². The summed E-state index contributed by atoms with van der Waals surface area (Å²) in [5.74, 6) is 2.62. The van der Waals surface area contributed by atoms with E-state index in [4.69, 9.17) is 56.8 Å².